The van der Waals surface area contributed by atoms with Crippen LogP contribution in [0.4, 0.5) is 0 Å². The summed E-state index contributed by atoms with van der Waals surface area (Å²) in [6.45, 7) is 4.86. The molecular formula is C46H74O23. The third kappa shape index (κ3) is 9.47. The summed E-state index contributed by atoms with van der Waals surface area (Å²) < 4.78 is 48.0. The van der Waals surface area contributed by atoms with Gasteiger partial charge in [-0.3, -0.25) is 4.79 Å². The molecule has 4 saturated carbocycles. The lowest BCUT2D eigenvalue weighted by atomic mass is 9.41. The summed E-state index contributed by atoms with van der Waals surface area (Å²) in [5.41, 5.74) is -0.639. The van der Waals surface area contributed by atoms with Gasteiger partial charge in [0.15, 0.2) is 12.6 Å². The zero-order valence-corrected chi connectivity index (χ0v) is 38.9. The number of carbonyl (C=O) groups excluding carboxylic acids is 1. The Hall–Kier alpha value is -1.63. The van der Waals surface area contributed by atoms with Crippen molar-refractivity contribution in [2.75, 3.05) is 39.6 Å². The van der Waals surface area contributed by atoms with Crippen LogP contribution in [-0.4, -0.2) is 240 Å². The van der Waals surface area contributed by atoms with Gasteiger partial charge in [-0.05, 0) is 74.5 Å². The average molecular weight is 995 g/mol. The summed E-state index contributed by atoms with van der Waals surface area (Å²) in [6, 6.07) is 0. The maximum absolute atomic E-state index is 14.4. The molecule has 14 N–H and O–H groups in total. The van der Waals surface area contributed by atoms with Crippen LogP contribution >= 0.6 is 0 Å². The average Bonchev–Trinajstić information content (AvgIpc) is 3.60. The van der Waals surface area contributed by atoms with E-state index in [2.05, 4.69) is 13.5 Å². The molecule has 24 unspecified atom stereocenters. The maximum atomic E-state index is 14.4. The van der Waals surface area contributed by atoms with Crippen molar-refractivity contribution in [3.8, 4) is 0 Å². The van der Waals surface area contributed by atoms with Crippen molar-refractivity contribution < 1.29 is 114 Å². The molecule has 8 fully saturated rings. The molecule has 8 aliphatic rings. The lowest BCUT2D eigenvalue weighted by Gasteiger charge is -2.64. The Balaban J connectivity index is 1.04. The maximum Gasteiger partial charge on any atom is 0.314 e. The Morgan fingerprint density at radius 3 is 1.74 bits per heavy atom. The first-order valence-corrected chi connectivity index (χ1v) is 24.3. The van der Waals surface area contributed by atoms with Crippen LogP contribution in [0, 0.1) is 39.9 Å². The van der Waals surface area contributed by atoms with E-state index in [1.807, 2.05) is 6.92 Å². The lowest BCUT2D eigenvalue weighted by Crippen LogP contribution is -2.64. The second kappa shape index (κ2) is 20.9. The van der Waals surface area contributed by atoms with Gasteiger partial charge in [-0.15, -0.1) is 0 Å². The van der Waals surface area contributed by atoms with Crippen molar-refractivity contribution >= 4 is 5.97 Å². The predicted octanol–water partition coefficient (Wildman–Crippen LogP) is -4.97. The molecule has 69 heavy (non-hydrogen) atoms. The number of esters is 1. The number of ether oxygens (including phenoxy) is 8. The topological polar surface area (TPSA) is 374 Å². The van der Waals surface area contributed by atoms with Gasteiger partial charge in [0.05, 0.1) is 63.4 Å². The first-order chi connectivity index (χ1) is 32.7. The lowest BCUT2D eigenvalue weighted by molar-refractivity contribution is -0.348. The number of carbonyl (C=O) groups is 1. The van der Waals surface area contributed by atoms with Gasteiger partial charge in [0.1, 0.15) is 85.5 Å². The Bertz CT molecular complexity index is 1770. The van der Waals surface area contributed by atoms with Gasteiger partial charge < -0.3 is 109 Å². The smallest absolute Gasteiger partial charge is 0.314 e. The first kappa shape index (κ1) is 53.7. The van der Waals surface area contributed by atoms with E-state index in [9.17, 15) is 76.3 Å². The van der Waals surface area contributed by atoms with Gasteiger partial charge in [0, 0.05) is 11.8 Å². The summed E-state index contributed by atoms with van der Waals surface area (Å²) in [7, 11) is 0. The van der Waals surface area contributed by atoms with Crippen LogP contribution in [0.3, 0.4) is 0 Å². The second-order valence-corrected chi connectivity index (χ2v) is 21.5. The third-order valence-electron chi connectivity index (χ3n) is 17.7. The molecule has 23 heteroatoms. The predicted molar refractivity (Wildman–Crippen MR) is 228 cm³/mol. The van der Waals surface area contributed by atoms with Gasteiger partial charge >= 0.3 is 5.97 Å². The van der Waals surface area contributed by atoms with Gasteiger partial charge in [-0.2, -0.15) is 0 Å². The molecule has 8 rings (SSSR count). The molecule has 396 valence electrons. The van der Waals surface area contributed by atoms with E-state index in [1.54, 1.807) is 0 Å². The molecule has 0 amide bonds. The molecule has 0 radical (unpaired) electrons. The van der Waals surface area contributed by atoms with E-state index in [0.717, 1.165) is 31.3 Å². The molecule has 0 aromatic rings. The molecule has 4 saturated heterocycles. The molecule has 2 bridgehead atoms. The number of aliphatic hydroxyl groups is 14. The Labute approximate surface area is 399 Å². The Morgan fingerprint density at radius 2 is 1.14 bits per heavy atom. The second-order valence-electron chi connectivity index (χ2n) is 21.5. The summed E-state index contributed by atoms with van der Waals surface area (Å²) in [6.07, 6.45) is -25.3. The highest BCUT2D eigenvalue weighted by Crippen LogP contribution is 2.72. The molecular weight excluding hydrogens is 920 g/mol. The van der Waals surface area contributed by atoms with Crippen molar-refractivity contribution in [3.05, 3.63) is 12.2 Å². The van der Waals surface area contributed by atoms with E-state index in [4.69, 9.17) is 37.9 Å². The number of rotatable bonds is 14. The van der Waals surface area contributed by atoms with Crippen LogP contribution in [0.2, 0.25) is 0 Å². The van der Waals surface area contributed by atoms with Crippen molar-refractivity contribution in [2.45, 2.75) is 188 Å². The van der Waals surface area contributed by atoms with Crippen LogP contribution in [0.1, 0.15) is 65.2 Å². The SMILES string of the molecule is C=C1C[C@@]23CCC4[C@@](C)(CCC[C@@]4(C)C(=O)OC4OC(CO)C(O)C(O)C4O)C2CC(OCC2OC(CO)C(O)C(COC4OC(CO)C(O)C(O)C4O)C2OC2OC(CO)C(O)C(O)C2O)C1C3. The summed E-state index contributed by atoms with van der Waals surface area (Å²) >= 11 is 0. The largest absolute Gasteiger partial charge is 0.432 e. The number of fused-ring (bicyclic) bond motifs is 3. The minimum Gasteiger partial charge on any atom is -0.432 e. The summed E-state index contributed by atoms with van der Waals surface area (Å²) in [5.74, 6) is -2.14. The minimum absolute atomic E-state index is 0.00377. The molecule has 4 aliphatic carbocycles. The number of hydrogen-bond donors (Lipinski definition) is 14. The zero-order valence-electron chi connectivity index (χ0n) is 38.9. The van der Waals surface area contributed by atoms with E-state index in [1.165, 1.54) is 0 Å². The molecule has 4 aliphatic heterocycles. The fourth-order valence-electron chi connectivity index (χ4n) is 13.9. The van der Waals surface area contributed by atoms with E-state index in [0.29, 0.717) is 25.7 Å². The van der Waals surface area contributed by atoms with Crippen LogP contribution < -0.4 is 0 Å². The minimum atomic E-state index is -1.88. The van der Waals surface area contributed by atoms with E-state index in [-0.39, 0.29) is 29.8 Å². The third-order valence-corrected chi connectivity index (χ3v) is 17.7. The summed E-state index contributed by atoms with van der Waals surface area (Å²) in [5, 5.41) is 147. The van der Waals surface area contributed by atoms with Gasteiger partial charge in [-0.25, -0.2) is 0 Å². The van der Waals surface area contributed by atoms with Crippen LogP contribution in [0.15, 0.2) is 12.2 Å². The molecule has 4 heterocycles. The van der Waals surface area contributed by atoms with Gasteiger partial charge in [-0.1, -0.05) is 25.5 Å². The van der Waals surface area contributed by atoms with Crippen LogP contribution in [0.25, 0.3) is 0 Å². The van der Waals surface area contributed by atoms with E-state index >= 15 is 0 Å². The number of hydrogen-bond acceptors (Lipinski definition) is 23. The van der Waals surface area contributed by atoms with Crippen LogP contribution in [-0.2, 0) is 42.7 Å². The highest BCUT2D eigenvalue weighted by atomic mass is 16.7. The molecule has 0 aromatic heterocycles. The quantitative estimate of drug-likeness (QED) is 0.0572. The summed E-state index contributed by atoms with van der Waals surface area (Å²) in [4.78, 5) is 14.4. The highest BCUT2D eigenvalue weighted by Gasteiger charge is 2.67. The van der Waals surface area contributed by atoms with Gasteiger partial charge in [0.25, 0.3) is 0 Å². The molecule has 0 aromatic carbocycles. The van der Waals surface area contributed by atoms with Gasteiger partial charge in [0.2, 0.25) is 6.29 Å². The van der Waals surface area contributed by atoms with Crippen molar-refractivity contribution in [1.82, 2.24) is 0 Å². The first-order valence-electron chi connectivity index (χ1n) is 24.3. The normalized spacial score (nSPS) is 53.3. The Morgan fingerprint density at radius 1 is 0.609 bits per heavy atom. The standard InChI is InChI=1S/C46H74O23/c1-18-10-46-8-5-27-44(2,6-4-7-45(27,3)43(61)69-42-38(60)35(57)32(54)25(15-50)67-42)28(46)9-21(19(18)11-46)62-17-26-39(68-41-37(59)34(56)31(53)24(14-49)66-41)20(29(51)22(12-47)64-26)16-63-40-36(58)33(55)30(52)23(13-48)65-40/h19-42,47-60H,1,4-17H2,2-3H3/t19?,20?,21?,22?,23?,24?,25?,26?,27?,28?,29?,30?,31?,32?,33?,34?,35?,36?,37?,38?,39?,40?,41?,42?,44-,45-,46-/m1/s1. The Kier molecular flexibility index (Phi) is 16.3. The molecule has 23 nitrogen and oxygen atoms in total. The van der Waals surface area contributed by atoms with E-state index < -0.39 is 178 Å². The highest BCUT2D eigenvalue weighted by molar-refractivity contribution is 5.77. The van der Waals surface area contributed by atoms with Crippen molar-refractivity contribution in [2.24, 2.45) is 39.9 Å². The molecule has 1 spiro atoms. The van der Waals surface area contributed by atoms with Crippen molar-refractivity contribution in [3.63, 3.8) is 0 Å². The number of aliphatic hydroxyl groups excluding tert-OH is 14. The monoisotopic (exact) mass is 994 g/mol. The fraction of sp³-hybridized carbons (Fsp3) is 0.935. The molecule has 27 atom stereocenters. The zero-order chi connectivity index (χ0) is 50.1. The van der Waals surface area contributed by atoms with Crippen molar-refractivity contribution in [1.29, 1.82) is 0 Å². The van der Waals surface area contributed by atoms with Crippen LogP contribution in [0.5, 0.6) is 0 Å². The fourth-order valence-corrected chi connectivity index (χ4v) is 13.9.